The van der Waals surface area contributed by atoms with Crippen LogP contribution in [0.4, 0.5) is 14.5 Å². The van der Waals surface area contributed by atoms with E-state index in [9.17, 15) is 22.0 Å². The largest absolute Gasteiger partial charge is 0.495 e. The van der Waals surface area contributed by atoms with Crippen molar-refractivity contribution in [3.8, 4) is 5.75 Å². The molecule has 0 spiro atoms. The smallest absolute Gasteiger partial charge is 0.256 e. The normalized spacial score (nSPS) is 18.1. The number of methoxy groups -OCH3 is 1. The first-order valence-electron chi connectivity index (χ1n) is 11.6. The maximum atomic E-state index is 14.1. The molecule has 0 radical (unpaired) electrons. The molecule has 8 nitrogen and oxygen atoms in total. The van der Waals surface area contributed by atoms with Gasteiger partial charge in [0.05, 0.1) is 23.3 Å². The zero-order valence-corrected chi connectivity index (χ0v) is 20.7. The highest BCUT2D eigenvalue weighted by Gasteiger charge is 2.30. The summed E-state index contributed by atoms with van der Waals surface area (Å²) in [6, 6.07) is 7.74. The van der Waals surface area contributed by atoms with Crippen LogP contribution in [-0.4, -0.2) is 94.4 Å². The van der Waals surface area contributed by atoms with Gasteiger partial charge < -0.3 is 19.4 Å². The summed E-state index contributed by atoms with van der Waals surface area (Å²) < 4.78 is 60.9. The number of hydrogen-bond acceptors (Lipinski definition) is 6. The van der Waals surface area contributed by atoms with Crippen LogP contribution < -0.4 is 9.64 Å². The molecule has 2 aliphatic rings. The SMILES string of the molecule is CCN1CCN(S(=O)(=O)c2ccc(OC)c(N3CCN(C(=O)c4ccc(F)cc4F)CC3)c2)CC1. The Bertz CT molecular complexity index is 1180. The minimum atomic E-state index is -3.66. The first-order chi connectivity index (χ1) is 16.7. The molecular weight excluding hydrogens is 478 g/mol. The van der Waals surface area contributed by atoms with Crippen molar-refractivity contribution in [3.63, 3.8) is 0 Å². The van der Waals surface area contributed by atoms with Crippen molar-refractivity contribution >= 4 is 21.6 Å². The maximum Gasteiger partial charge on any atom is 0.256 e. The predicted octanol–water partition coefficient (Wildman–Crippen LogP) is 2.26. The number of likely N-dealkylation sites (N-methyl/N-ethyl adjacent to an activating group) is 1. The molecule has 2 heterocycles. The molecule has 1 amide bonds. The molecular formula is C24H30F2N4O4S. The summed E-state index contributed by atoms with van der Waals surface area (Å²) in [5, 5.41) is 0. The lowest BCUT2D eigenvalue weighted by molar-refractivity contribution is 0.0742. The number of amides is 1. The minimum Gasteiger partial charge on any atom is -0.495 e. The quantitative estimate of drug-likeness (QED) is 0.596. The van der Waals surface area contributed by atoms with Crippen molar-refractivity contribution in [2.75, 3.05) is 70.9 Å². The van der Waals surface area contributed by atoms with E-state index >= 15 is 0 Å². The van der Waals surface area contributed by atoms with E-state index in [2.05, 4.69) is 11.8 Å². The molecule has 2 fully saturated rings. The van der Waals surface area contributed by atoms with Gasteiger partial charge in [0.2, 0.25) is 10.0 Å². The second kappa shape index (κ2) is 10.5. The Morgan fingerprint density at radius 1 is 0.943 bits per heavy atom. The van der Waals surface area contributed by atoms with Crippen LogP contribution >= 0.6 is 0 Å². The highest BCUT2D eigenvalue weighted by Crippen LogP contribution is 2.33. The average molecular weight is 509 g/mol. The van der Waals surface area contributed by atoms with Gasteiger partial charge in [0.1, 0.15) is 17.4 Å². The van der Waals surface area contributed by atoms with Gasteiger partial charge in [0, 0.05) is 58.4 Å². The number of rotatable bonds is 6. The summed E-state index contributed by atoms with van der Waals surface area (Å²) in [5.41, 5.74) is 0.453. The predicted molar refractivity (Wildman–Crippen MR) is 128 cm³/mol. The van der Waals surface area contributed by atoms with Gasteiger partial charge in [-0.3, -0.25) is 4.79 Å². The van der Waals surface area contributed by atoms with Crippen LogP contribution in [0.15, 0.2) is 41.3 Å². The van der Waals surface area contributed by atoms with E-state index in [0.717, 1.165) is 18.7 Å². The van der Waals surface area contributed by atoms with Crippen LogP contribution in [0.3, 0.4) is 0 Å². The van der Waals surface area contributed by atoms with E-state index in [1.165, 1.54) is 16.3 Å². The lowest BCUT2D eigenvalue weighted by Crippen LogP contribution is -2.49. The first kappa shape index (κ1) is 25.3. The first-order valence-corrected chi connectivity index (χ1v) is 13.1. The van der Waals surface area contributed by atoms with Crippen molar-refractivity contribution in [2.45, 2.75) is 11.8 Å². The molecule has 2 saturated heterocycles. The molecule has 2 aliphatic heterocycles. The van der Waals surface area contributed by atoms with E-state index in [4.69, 9.17) is 4.74 Å². The molecule has 11 heteroatoms. The third-order valence-electron chi connectivity index (χ3n) is 6.64. The van der Waals surface area contributed by atoms with Gasteiger partial charge in [-0.2, -0.15) is 4.31 Å². The molecule has 0 aliphatic carbocycles. The summed E-state index contributed by atoms with van der Waals surface area (Å²) >= 11 is 0. The van der Waals surface area contributed by atoms with Crippen molar-refractivity contribution < 1.29 is 26.7 Å². The second-order valence-electron chi connectivity index (χ2n) is 8.58. The fourth-order valence-corrected chi connectivity index (χ4v) is 5.94. The van der Waals surface area contributed by atoms with Gasteiger partial charge in [-0.1, -0.05) is 6.92 Å². The molecule has 0 atom stereocenters. The van der Waals surface area contributed by atoms with Crippen LogP contribution in [-0.2, 0) is 10.0 Å². The van der Waals surface area contributed by atoms with Gasteiger partial charge in [-0.15, -0.1) is 0 Å². The number of ether oxygens (including phenoxy) is 1. The standard InChI is InChI=1S/C24H30F2N4O4S/c1-3-27-8-14-30(15-9-27)35(32,33)19-5-7-23(34-2)22(17-19)28-10-12-29(13-11-28)24(31)20-6-4-18(25)16-21(20)26/h4-7,16-17H,3,8-15H2,1-2H3. The summed E-state index contributed by atoms with van der Waals surface area (Å²) in [5.74, 6) is -1.60. The van der Waals surface area contributed by atoms with Crippen LogP contribution in [0.25, 0.3) is 0 Å². The fraction of sp³-hybridized carbons (Fsp3) is 0.458. The number of carbonyl (C=O) groups is 1. The third kappa shape index (κ3) is 5.26. The Labute approximate surface area is 204 Å². The number of carbonyl (C=O) groups excluding carboxylic acids is 1. The number of sulfonamides is 1. The molecule has 0 unspecified atom stereocenters. The monoisotopic (exact) mass is 508 g/mol. The number of halogens is 2. The highest BCUT2D eigenvalue weighted by atomic mass is 32.2. The Balaban J connectivity index is 1.49. The molecule has 4 rings (SSSR count). The lowest BCUT2D eigenvalue weighted by atomic mass is 10.1. The van der Waals surface area contributed by atoms with Gasteiger partial charge in [0.15, 0.2) is 0 Å². The molecule has 35 heavy (non-hydrogen) atoms. The van der Waals surface area contributed by atoms with Crippen LogP contribution in [0.5, 0.6) is 5.75 Å². The second-order valence-corrected chi connectivity index (χ2v) is 10.5. The molecule has 0 saturated carbocycles. The van der Waals surface area contributed by atoms with Crippen LogP contribution in [0.1, 0.15) is 17.3 Å². The summed E-state index contributed by atoms with van der Waals surface area (Å²) in [4.78, 5) is 18.6. The molecule has 0 aromatic heterocycles. The fourth-order valence-electron chi connectivity index (χ4n) is 4.50. The Morgan fingerprint density at radius 3 is 2.23 bits per heavy atom. The zero-order valence-electron chi connectivity index (χ0n) is 19.9. The summed E-state index contributed by atoms with van der Waals surface area (Å²) in [7, 11) is -2.14. The average Bonchev–Trinajstić information content (AvgIpc) is 2.88. The van der Waals surface area contributed by atoms with E-state index in [1.54, 1.807) is 18.2 Å². The van der Waals surface area contributed by atoms with Crippen molar-refractivity contribution in [2.24, 2.45) is 0 Å². The van der Waals surface area contributed by atoms with Crippen LogP contribution in [0, 0.1) is 11.6 Å². The number of piperazine rings is 2. The van der Waals surface area contributed by atoms with Gasteiger partial charge in [0.25, 0.3) is 5.91 Å². The van der Waals surface area contributed by atoms with E-state index in [1.807, 2.05) is 4.90 Å². The van der Waals surface area contributed by atoms with E-state index in [-0.39, 0.29) is 10.5 Å². The van der Waals surface area contributed by atoms with Gasteiger partial charge >= 0.3 is 0 Å². The zero-order chi connectivity index (χ0) is 25.2. The number of nitrogens with zero attached hydrogens (tertiary/aromatic N) is 4. The molecule has 2 aromatic carbocycles. The molecule has 2 aromatic rings. The maximum absolute atomic E-state index is 14.1. The lowest BCUT2D eigenvalue weighted by Gasteiger charge is -2.37. The third-order valence-corrected chi connectivity index (χ3v) is 8.53. The minimum absolute atomic E-state index is 0.173. The molecule has 0 N–H and O–H groups in total. The molecule has 190 valence electrons. The highest BCUT2D eigenvalue weighted by molar-refractivity contribution is 7.89. The van der Waals surface area contributed by atoms with Gasteiger partial charge in [-0.25, -0.2) is 17.2 Å². The van der Waals surface area contributed by atoms with Crippen molar-refractivity contribution in [3.05, 3.63) is 53.6 Å². The van der Waals surface area contributed by atoms with Crippen LogP contribution in [0.2, 0.25) is 0 Å². The molecule has 0 bridgehead atoms. The number of benzene rings is 2. The van der Waals surface area contributed by atoms with Crippen molar-refractivity contribution in [1.82, 2.24) is 14.1 Å². The number of hydrogen-bond donors (Lipinski definition) is 0. The Hall–Kier alpha value is -2.76. The van der Waals surface area contributed by atoms with Crippen molar-refractivity contribution in [1.29, 1.82) is 0 Å². The van der Waals surface area contributed by atoms with E-state index in [0.29, 0.717) is 69.9 Å². The van der Waals surface area contributed by atoms with Gasteiger partial charge in [-0.05, 0) is 36.9 Å². The summed E-state index contributed by atoms with van der Waals surface area (Å²) in [6.45, 7) is 6.65. The Kier molecular flexibility index (Phi) is 7.58. The number of anilines is 1. The Morgan fingerprint density at radius 2 is 1.63 bits per heavy atom. The summed E-state index contributed by atoms with van der Waals surface area (Å²) in [6.07, 6.45) is 0. The van der Waals surface area contributed by atoms with E-state index < -0.39 is 27.6 Å². The topological polar surface area (TPSA) is 73.4 Å².